The first kappa shape index (κ1) is 19.4. The molecule has 0 aromatic heterocycles. The van der Waals surface area contributed by atoms with Crippen LogP contribution in [0.4, 0.5) is 4.39 Å². The molecule has 25 heavy (non-hydrogen) atoms. The van der Waals surface area contributed by atoms with Gasteiger partial charge in [0.05, 0.1) is 0 Å². The summed E-state index contributed by atoms with van der Waals surface area (Å²) in [7, 11) is 1.67. The van der Waals surface area contributed by atoms with Crippen LogP contribution >= 0.6 is 0 Å². The summed E-state index contributed by atoms with van der Waals surface area (Å²) in [4.78, 5) is 2.13. The molecular weight excluding hydrogens is 321 g/mol. The Morgan fingerprint density at radius 1 is 1.08 bits per heavy atom. The number of aliphatic hydroxyl groups excluding tert-OH is 1. The van der Waals surface area contributed by atoms with Crippen LogP contribution in [0.2, 0.25) is 0 Å². The van der Waals surface area contributed by atoms with Crippen LogP contribution in [0.1, 0.15) is 12.0 Å². The molecule has 1 N–H and O–H groups in total. The molecule has 0 aliphatic carbocycles. The van der Waals surface area contributed by atoms with Gasteiger partial charge in [-0.2, -0.15) is 0 Å². The molecule has 1 unspecified atom stereocenters. The summed E-state index contributed by atoms with van der Waals surface area (Å²) in [5, 5.41) is 10.3. The highest BCUT2D eigenvalue weighted by Crippen LogP contribution is 2.11. The molecule has 0 aliphatic rings. The highest BCUT2D eigenvalue weighted by atomic mass is 19.1. The summed E-state index contributed by atoms with van der Waals surface area (Å²) < 4.78 is 23.8. The maximum atomic E-state index is 13.1. The number of benzene rings is 2. The van der Waals surface area contributed by atoms with Gasteiger partial charge in [0.1, 0.15) is 24.3 Å². The van der Waals surface area contributed by atoms with Crippen molar-refractivity contribution in [1.29, 1.82) is 0 Å². The van der Waals surface area contributed by atoms with Crippen LogP contribution in [-0.2, 0) is 11.3 Å². The first-order chi connectivity index (χ1) is 12.2. The Morgan fingerprint density at radius 3 is 2.48 bits per heavy atom. The second-order valence-electron chi connectivity index (χ2n) is 5.99. The van der Waals surface area contributed by atoms with Crippen molar-refractivity contribution in [2.24, 2.45) is 0 Å². The van der Waals surface area contributed by atoms with E-state index in [0.717, 1.165) is 24.3 Å². The molecule has 0 saturated heterocycles. The molecule has 0 heterocycles. The first-order valence-corrected chi connectivity index (χ1v) is 8.49. The third-order valence-corrected chi connectivity index (χ3v) is 3.80. The molecular formula is C20H26FNO3. The van der Waals surface area contributed by atoms with Gasteiger partial charge in [-0.3, -0.25) is 4.90 Å². The van der Waals surface area contributed by atoms with Gasteiger partial charge in [0, 0.05) is 33.4 Å². The molecule has 0 amide bonds. The van der Waals surface area contributed by atoms with E-state index in [4.69, 9.17) is 9.47 Å². The Bertz CT molecular complexity index is 592. The topological polar surface area (TPSA) is 41.9 Å². The lowest BCUT2D eigenvalue weighted by atomic mass is 10.2. The largest absolute Gasteiger partial charge is 0.491 e. The van der Waals surface area contributed by atoms with E-state index < -0.39 is 6.10 Å². The average molecular weight is 347 g/mol. The third-order valence-electron chi connectivity index (χ3n) is 3.80. The average Bonchev–Trinajstić information content (AvgIpc) is 2.63. The number of rotatable bonds is 11. The van der Waals surface area contributed by atoms with Gasteiger partial charge in [0.25, 0.3) is 0 Å². The zero-order chi connectivity index (χ0) is 17.9. The Hall–Kier alpha value is -1.95. The quantitative estimate of drug-likeness (QED) is 0.634. The Labute approximate surface area is 148 Å². The second-order valence-corrected chi connectivity index (χ2v) is 5.99. The number of ether oxygens (including phenoxy) is 2. The first-order valence-electron chi connectivity index (χ1n) is 8.49. The van der Waals surface area contributed by atoms with Crippen LogP contribution in [0.15, 0.2) is 54.6 Å². The normalized spacial score (nSPS) is 12.3. The van der Waals surface area contributed by atoms with Crippen LogP contribution in [0, 0.1) is 5.82 Å². The van der Waals surface area contributed by atoms with Crippen LogP contribution in [0.5, 0.6) is 5.75 Å². The number of para-hydroxylation sites is 1. The number of hydrogen-bond acceptors (Lipinski definition) is 4. The molecule has 0 spiro atoms. The van der Waals surface area contributed by atoms with Gasteiger partial charge < -0.3 is 14.6 Å². The Balaban J connectivity index is 1.86. The van der Waals surface area contributed by atoms with Gasteiger partial charge in [-0.25, -0.2) is 4.39 Å². The maximum absolute atomic E-state index is 13.1. The molecule has 1 atom stereocenters. The van der Waals surface area contributed by atoms with Crippen molar-refractivity contribution in [1.82, 2.24) is 4.90 Å². The van der Waals surface area contributed by atoms with Gasteiger partial charge >= 0.3 is 0 Å². The Morgan fingerprint density at radius 2 is 1.80 bits per heavy atom. The van der Waals surface area contributed by atoms with Crippen molar-refractivity contribution in [2.45, 2.75) is 19.1 Å². The molecule has 2 aromatic rings. The Kier molecular flexibility index (Phi) is 8.39. The molecule has 0 saturated carbocycles. The van der Waals surface area contributed by atoms with E-state index in [1.807, 2.05) is 30.3 Å². The highest BCUT2D eigenvalue weighted by Gasteiger charge is 2.13. The molecule has 2 rings (SSSR count). The SMILES string of the molecule is COCCCN(Cc1ccc(F)cc1)CC(O)COc1ccccc1. The zero-order valence-electron chi connectivity index (χ0n) is 14.6. The lowest BCUT2D eigenvalue weighted by Gasteiger charge is -2.25. The summed E-state index contributed by atoms with van der Waals surface area (Å²) in [5.74, 6) is 0.497. The van der Waals surface area contributed by atoms with Crippen LogP contribution in [-0.4, -0.2) is 49.5 Å². The van der Waals surface area contributed by atoms with Crippen LogP contribution < -0.4 is 4.74 Å². The van der Waals surface area contributed by atoms with E-state index in [9.17, 15) is 9.50 Å². The lowest BCUT2D eigenvalue weighted by Crippen LogP contribution is -2.36. The summed E-state index contributed by atoms with van der Waals surface area (Å²) in [5.41, 5.74) is 1.01. The number of nitrogens with zero attached hydrogens (tertiary/aromatic N) is 1. The van der Waals surface area contributed by atoms with E-state index in [1.165, 1.54) is 12.1 Å². The summed E-state index contributed by atoms with van der Waals surface area (Å²) in [6.45, 7) is 2.80. The van der Waals surface area contributed by atoms with Crippen LogP contribution in [0.25, 0.3) is 0 Å². The van der Waals surface area contributed by atoms with Gasteiger partial charge in [0.15, 0.2) is 0 Å². The van der Waals surface area contributed by atoms with Crippen molar-refractivity contribution in [2.75, 3.05) is 33.4 Å². The minimum Gasteiger partial charge on any atom is -0.491 e. The van der Waals surface area contributed by atoms with E-state index in [0.29, 0.717) is 19.7 Å². The summed E-state index contributed by atoms with van der Waals surface area (Å²) >= 11 is 0. The van der Waals surface area contributed by atoms with Crippen molar-refractivity contribution in [3.63, 3.8) is 0 Å². The van der Waals surface area contributed by atoms with E-state index >= 15 is 0 Å². The third kappa shape index (κ3) is 7.65. The number of aliphatic hydroxyl groups is 1. The summed E-state index contributed by atoms with van der Waals surface area (Å²) in [6.07, 6.45) is 0.257. The predicted octanol–water partition coefficient (Wildman–Crippen LogP) is 3.10. The molecule has 0 fully saturated rings. The fraction of sp³-hybridized carbons (Fsp3) is 0.400. The maximum Gasteiger partial charge on any atom is 0.123 e. The van der Waals surface area contributed by atoms with Gasteiger partial charge in [-0.1, -0.05) is 30.3 Å². The van der Waals surface area contributed by atoms with Gasteiger partial charge in [-0.05, 0) is 36.2 Å². The molecule has 0 bridgehead atoms. The molecule has 0 aliphatic heterocycles. The van der Waals surface area contributed by atoms with Crippen LogP contribution in [0.3, 0.4) is 0 Å². The van der Waals surface area contributed by atoms with Crippen molar-refractivity contribution < 1.29 is 19.0 Å². The van der Waals surface area contributed by atoms with Crippen molar-refractivity contribution >= 4 is 0 Å². The van der Waals surface area contributed by atoms with E-state index in [1.54, 1.807) is 19.2 Å². The molecule has 2 aromatic carbocycles. The minimum atomic E-state index is -0.608. The second kappa shape index (κ2) is 10.8. The van der Waals surface area contributed by atoms with Crippen molar-refractivity contribution in [3.8, 4) is 5.75 Å². The molecule has 136 valence electrons. The number of methoxy groups -OCH3 is 1. The minimum absolute atomic E-state index is 0.230. The number of hydrogen-bond donors (Lipinski definition) is 1. The van der Waals surface area contributed by atoms with E-state index in [-0.39, 0.29) is 12.4 Å². The smallest absolute Gasteiger partial charge is 0.123 e. The fourth-order valence-electron chi connectivity index (χ4n) is 2.58. The summed E-state index contributed by atoms with van der Waals surface area (Å²) in [6, 6.07) is 15.9. The predicted molar refractivity (Wildman–Crippen MR) is 96.1 cm³/mol. The molecule has 0 radical (unpaired) electrons. The van der Waals surface area contributed by atoms with Crippen molar-refractivity contribution in [3.05, 3.63) is 66.0 Å². The van der Waals surface area contributed by atoms with Gasteiger partial charge in [-0.15, -0.1) is 0 Å². The monoisotopic (exact) mass is 347 g/mol. The zero-order valence-corrected chi connectivity index (χ0v) is 14.6. The number of halogens is 1. The standard InChI is InChI=1S/C20H26FNO3/c1-24-13-5-12-22(14-17-8-10-18(21)11-9-17)15-19(23)16-25-20-6-3-2-4-7-20/h2-4,6-11,19,23H,5,12-16H2,1H3. The fourth-order valence-corrected chi connectivity index (χ4v) is 2.58. The highest BCUT2D eigenvalue weighted by molar-refractivity contribution is 5.21. The van der Waals surface area contributed by atoms with E-state index in [2.05, 4.69) is 4.90 Å². The van der Waals surface area contributed by atoms with Gasteiger partial charge in [0.2, 0.25) is 0 Å². The molecule has 5 heteroatoms. The molecule has 4 nitrogen and oxygen atoms in total. The lowest BCUT2D eigenvalue weighted by molar-refractivity contribution is 0.0617.